The van der Waals surface area contributed by atoms with Gasteiger partial charge in [0, 0.05) is 28.8 Å². The van der Waals surface area contributed by atoms with Gasteiger partial charge in [-0.1, -0.05) is 17.7 Å². The van der Waals surface area contributed by atoms with Crippen LogP contribution >= 0.6 is 34.2 Å². The van der Waals surface area contributed by atoms with Gasteiger partial charge in [0.05, 0.1) is 40.9 Å². The van der Waals surface area contributed by atoms with Crippen LogP contribution in [0.2, 0.25) is 5.02 Å². The molecule has 4 N–H and O–H groups in total. The number of rotatable bonds is 5. The van der Waals surface area contributed by atoms with Crippen molar-refractivity contribution < 1.29 is 27.1 Å². The molecule has 0 spiro atoms. The van der Waals surface area contributed by atoms with E-state index in [4.69, 9.17) is 22.1 Å². The third-order valence-corrected chi connectivity index (χ3v) is 7.80. The lowest BCUT2D eigenvalue weighted by Gasteiger charge is -2.26. The third kappa shape index (κ3) is 5.80. The smallest absolute Gasteiger partial charge is 0.382 e. The molecular weight excluding hydrogens is 669 g/mol. The van der Waals surface area contributed by atoms with Gasteiger partial charge in [-0.15, -0.1) is 0 Å². The number of urea groups is 1. The molecule has 5 rings (SSSR count). The molecule has 1 aliphatic rings. The fourth-order valence-corrected chi connectivity index (χ4v) is 5.49. The summed E-state index contributed by atoms with van der Waals surface area (Å²) >= 11 is 8.11. The van der Waals surface area contributed by atoms with Crippen molar-refractivity contribution in [3.63, 3.8) is 0 Å². The fraction of sp³-hybridized carbons (Fsp3) is 0.240. The molecular formula is C25H21ClF4IN7O2. The molecule has 0 saturated carbocycles. The van der Waals surface area contributed by atoms with Crippen molar-refractivity contribution >= 4 is 62.9 Å². The lowest BCUT2D eigenvalue weighted by Crippen LogP contribution is -2.36. The monoisotopic (exact) mass is 689 g/mol. The SMILES string of the molecule is Nc1ncnn2c(CN3CCOCC3)c(I)c(-c3ccc(NC(=O)Nc4cc(C(F)(F)F)ccc4Cl)c(F)c3)c12. The first-order valence-electron chi connectivity index (χ1n) is 11.9. The minimum Gasteiger partial charge on any atom is -0.382 e. The Labute approximate surface area is 243 Å². The number of aromatic nitrogens is 3. The molecule has 2 amide bonds. The number of hydrogen-bond acceptors (Lipinski definition) is 6. The molecule has 15 heteroatoms. The van der Waals surface area contributed by atoms with Crippen molar-refractivity contribution in [3.05, 3.63) is 68.4 Å². The number of anilines is 3. The van der Waals surface area contributed by atoms with Crippen molar-refractivity contribution in [2.75, 3.05) is 42.7 Å². The summed E-state index contributed by atoms with van der Waals surface area (Å²) in [6.07, 6.45) is -3.27. The standard InChI is InChI=1S/C25H21ClF4IN7O2/c26-15-3-2-14(25(28,29)30)10-18(15)36-24(39)35-17-4-1-13(9-16(17)27)20-21(31)19(11-37-5-7-40-8-6-37)38-22(20)23(32)33-12-34-38/h1-4,9-10,12H,5-8,11H2,(H2,32,33,34)(H2,35,36,39). The van der Waals surface area contributed by atoms with Crippen LogP contribution in [0.25, 0.3) is 16.6 Å². The molecule has 2 aromatic carbocycles. The zero-order chi connectivity index (χ0) is 28.6. The normalized spacial score (nSPS) is 14.4. The number of nitrogens with zero attached hydrogens (tertiary/aromatic N) is 4. The van der Waals surface area contributed by atoms with Gasteiger partial charge >= 0.3 is 12.2 Å². The van der Waals surface area contributed by atoms with Crippen LogP contribution in [0, 0.1) is 9.39 Å². The summed E-state index contributed by atoms with van der Waals surface area (Å²) in [5, 5.41) is 8.81. The number of morpholine rings is 1. The Morgan fingerprint density at radius 1 is 1.12 bits per heavy atom. The van der Waals surface area contributed by atoms with Crippen molar-refractivity contribution in [2.45, 2.75) is 12.7 Å². The topological polar surface area (TPSA) is 110 Å². The first-order valence-corrected chi connectivity index (χ1v) is 13.3. The van der Waals surface area contributed by atoms with Crippen molar-refractivity contribution in [1.82, 2.24) is 19.5 Å². The predicted molar refractivity (Wildman–Crippen MR) is 151 cm³/mol. The zero-order valence-corrected chi connectivity index (χ0v) is 23.4. The fourth-order valence-electron chi connectivity index (χ4n) is 4.36. The molecule has 0 unspecified atom stereocenters. The molecule has 0 aliphatic carbocycles. The van der Waals surface area contributed by atoms with Gasteiger partial charge in [-0.2, -0.15) is 18.3 Å². The van der Waals surface area contributed by atoms with Crippen molar-refractivity contribution in [2.24, 2.45) is 0 Å². The summed E-state index contributed by atoms with van der Waals surface area (Å²) in [5.41, 5.74) is 7.25. The summed E-state index contributed by atoms with van der Waals surface area (Å²) in [5.74, 6) is -0.556. The molecule has 0 radical (unpaired) electrons. The van der Waals surface area contributed by atoms with E-state index < -0.39 is 23.6 Å². The minimum atomic E-state index is -4.63. The number of nitrogen functional groups attached to an aromatic ring is 1. The predicted octanol–water partition coefficient (Wildman–Crippen LogP) is 5.87. The van der Waals surface area contributed by atoms with E-state index in [0.717, 1.165) is 34.5 Å². The van der Waals surface area contributed by atoms with Gasteiger partial charge < -0.3 is 21.1 Å². The molecule has 0 atom stereocenters. The number of carbonyl (C=O) groups is 1. The molecule has 210 valence electrons. The molecule has 2 aromatic heterocycles. The third-order valence-electron chi connectivity index (χ3n) is 6.31. The van der Waals surface area contributed by atoms with Crippen LogP contribution < -0.4 is 16.4 Å². The molecule has 3 heterocycles. The van der Waals surface area contributed by atoms with E-state index in [-0.39, 0.29) is 22.2 Å². The Morgan fingerprint density at radius 2 is 1.85 bits per heavy atom. The summed E-state index contributed by atoms with van der Waals surface area (Å²) in [7, 11) is 0. The molecule has 4 aromatic rings. The van der Waals surface area contributed by atoms with E-state index in [0.29, 0.717) is 42.5 Å². The highest BCUT2D eigenvalue weighted by Gasteiger charge is 2.31. The van der Waals surface area contributed by atoms with Crippen LogP contribution in [0.15, 0.2) is 42.7 Å². The largest absolute Gasteiger partial charge is 0.416 e. The molecule has 1 saturated heterocycles. The minimum absolute atomic E-state index is 0.109. The molecule has 0 bridgehead atoms. The first-order chi connectivity index (χ1) is 19.0. The summed E-state index contributed by atoms with van der Waals surface area (Å²) in [6.45, 7) is 3.32. The highest BCUT2D eigenvalue weighted by atomic mass is 127. The van der Waals surface area contributed by atoms with Gasteiger partial charge in [-0.05, 0) is 58.5 Å². The second kappa shape index (κ2) is 11.3. The number of halogens is 6. The number of alkyl halides is 3. The highest BCUT2D eigenvalue weighted by molar-refractivity contribution is 14.1. The van der Waals surface area contributed by atoms with E-state index in [1.165, 1.54) is 18.5 Å². The second-order valence-electron chi connectivity index (χ2n) is 8.90. The number of nitrogens with two attached hydrogens (primary N) is 1. The second-order valence-corrected chi connectivity index (χ2v) is 10.4. The van der Waals surface area contributed by atoms with Gasteiger partial charge in [0.25, 0.3) is 0 Å². The highest BCUT2D eigenvalue weighted by Crippen LogP contribution is 2.38. The van der Waals surface area contributed by atoms with E-state index in [9.17, 15) is 18.0 Å². The first kappa shape index (κ1) is 28.3. The number of ether oxygens (including phenoxy) is 1. The van der Waals surface area contributed by atoms with E-state index >= 15 is 4.39 Å². The number of benzene rings is 2. The molecule has 1 fully saturated rings. The Kier molecular flexibility index (Phi) is 8.03. The average Bonchev–Trinajstić information content (AvgIpc) is 3.19. The molecule has 40 heavy (non-hydrogen) atoms. The van der Waals surface area contributed by atoms with Crippen LogP contribution in [0.4, 0.5) is 39.5 Å². The zero-order valence-electron chi connectivity index (χ0n) is 20.5. The van der Waals surface area contributed by atoms with Crippen LogP contribution in [0.1, 0.15) is 11.3 Å². The molecule has 9 nitrogen and oxygen atoms in total. The van der Waals surface area contributed by atoms with Crippen molar-refractivity contribution in [1.29, 1.82) is 0 Å². The van der Waals surface area contributed by atoms with Gasteiger partial charge in [-0.3, -0.25) is 4.90 Å². The van der Waals surface area contributed by atoms with Gasteiger partial charge in [0.15, 0.2) is 5.82 Å². The van der Waals surface area contributed by atoms with E-state index in [1.807, 2.05) is 0 Å². The van der Waals surface area contributed by atoms with Gasteiger partial charge in [0.2, 0.25) is 0 Å². The number of nitrogens with one attached hydrogen (secondary N) is 2. The van der Waals surface area contributed by atoms with E-state index in [2.05, 4.69) is 48.2 Å². The van der Waals surface area contributed by atoms with Crippen LogP contribution in [0.3, 0.4) is 0 Å². The van der Waals surface area contributed by atoms with Gasteiger partial charge in [-0.25, -0.2) is 18.7 Å². The molecule has 1 aliphatic heterocycles. The van der Waals surface area contributed by atoms with Crippen LogP contribution in [0.5, 0.6) is 0 Å². The maximum atomic E-state index is 15.2. The average molecular weight is 690 g/mol. The van der Waals surface area contributed by atoms with Crippen LogP contribution in [-0.4, -0.2) is 51.8 Å². The van der Waals surface area contributed by atoms with Crippen LogP contribution in [-0.2, 0) is 17.5 Å². The maximum Gasteiger partial charge on any atom is 0.416 e. The Bertz CT molecular complexity index is 1590. The Hall–Kier alpha value is -3.21. The number of fused-ring (bicyclic) bond motifs is 1. The van der Waals surface area contributed by atoms with E-state index in [1.54, 1.807) is 10.6 Å². The quantitative estimate of drug-likeness (QED) is 0.179. The summed E-state index contributed by atoms with van der Waals surface area (Å²) < 4.78 is 62.3. The number of hydrogen-bond donors (Lipinski definition) is 3. The summed E-state index contributed by atoms with van der Waals surface area (Å²) in [6, 6.07) is 5.71. The lowest BCUT2D eigenvalue weighted by atomic mass is 10.1. The van der Waals surface area contributed by atoms with Gasteiger partial charge in [0.1, 0.15) is 17.7 Å². The Morgan fingerprint density at radius 3 is 2.55 bits per heavy atom. The Balaban J connectivity index is 1.42. The number of carbonyl (C=O) groups excluding carboxylic acids is 1. The maximum absolute atomic E-state index is 15.2. The number of amides is 2. The van der Waals surface area contributed by atoms with Crippen molar-refractivity contribution in [3.8, 4) is 11.1 Å². The lowest BCUT2D eigenvalue weighted by molar-refractivity contribution is -0.137. The summed E-state index contributed by atoms with van der Waals surface area (Å²) in [4.78, 5) is 18.8.